The number of aryl methyl sites for hydroxylation is 1. The molecule has 0 saturated heterocycles. The van der Waals surface area contributed by atoms with Crippen molar-refractivity contribution in [3.8, 4) is 5.75 Å². The Morgan fingerprint density at radius 2 is 2.10 bits per heavy atom. The molecule has 0 bridgehead atoms. The summed E-state index contributed by atoms with van der Waals surface area (Å²) in [4.78, 5) is 0.150. The van der Waals surface area contributed by atoms with Crippen molar-refractivity contribution in [3.05, 3.63) is 46.2 Å². The van der Waals surface area contributed by atoms with Crippen LogP contribution in [0, 0.1) is 6.92 Å². The number of nitrogens with one attached hydrogen (secondary N) is 1. The molecule has 21 heavy (non-hydrogen) atoms. The molecule has 0 spiro atoms. The van der Waals surface area contributed by atoms with Crippen molar-refractivity contribution in [3.63, 3.8) is 0 Å². The van der Waals surface area contributed by atoms with Crippen molar-refractivity contribution in [1.82, 2.24) is 4.72 Å². The summed E-state index contributed by atoms with van der Waals surface area (Å²) >= 11 is 1.26. The molecule has 0 saturated carbocycles. The van der Waals surface area contributed by atoms with E-state index in [1.165, 1.54) is 28.8 Å². The zero-order valence-corrected chi connectivity index (χ0v) is 12.7. The van der Waals surface area contributed by atoms with Crippen LogP contribution in [0.25, 0.3) is 0 Å². The van der Waals surface area contributed by atoms with Crippen molar-refractivity contribution in [2.24, 2.45) is 0 Å². The van der Waals surface area contributed by atoms with Gasteiger partial charge in [0, 0.05) is 17.5 Å². The summed E-state index contributed by atoms with van der Waals surface area (Å²) in [6.45, 7) is -1.30. The highest BCUT2D eigenvalue weighted by molar-refractivity contribution is 7.89. The quantitative estimate of drug-likeness (QED) is 0.883. The summed E-state index contributed by atoms with van der Waals surface area (Å²) in [6.07, 6.45) is 0. The lowest BCUT2D eigenvalue weighted by Gasteiger charge is -2.12. The minimum absolute atomic E-state index is 0.0383. The molecule has 1 heterocycles. The molecule has 0 aliphatic heterocycles. The van der Waals surface area contributed by atoms with Gasteiger partial charge in [-0.1, -0.05) is 17.7 Å². The number of alkyl halides is 2. The Labute approximate surface area is 125 Å². The van der Waals surface area contributed by atoms with Gasteiger partial charge in [-0.15, -0.1) is 0 Å². The first-order valence-corrected chi connectivity index (χ1v) is 8.37. The number of hydrogen-bond acceptors (Lipinski definition) is 4. The second-order valence-electron chi connectivity index (χ2n) is 4.27. The predicted octanol–water partition coefficient (Wildman–Crippen LogP) is 3.14. The van der Waals surface area contributed by atoms with Crippen molar-refractivity contribution in [1.29, 1.82) is 0 Å². The second kappa shape index (κ2) is 6.50. The fourth-order valence-corrected chi connectivity index (χ4v) is 3.75. The number of rotatable bonds is 6. The maximum Gasteiger partial charge on any atom is 0.387 e. The Balaban J connectivity index is 2.18. The van der Waals surface area contributed by atoms with Crippen LogP contribution in [0.3, 0.4) is 0 Å². The topological polar surface area (TPSA) is 55.4 Å². The molecular formula is C13H13F2NO3S2. The molecule has 0 radical (unpaired) electrons. The summed E-state index contributed by atoms with van der Waals surface area (Å²) < 4.78 is 55.4. The SMILES string of the molecule is Cc1ccc(OC(F)F)c(CNS(=O)(=O)c2ccsc2)c1. The molecule has 0 unspecified atom stereocenters. The second-order valence-corrected chi connectivity index (χ2v) is 6.82. The minimum Gasteiger partial charge on any atom is -0.434 e. The molecule has 1 aromatic heterocycles. The smallest absolute Gasteiger partial charge is 0.387 e. The molecule has 0 aliphatic rings. The Kier molecular flexibility index (Phi) is 4.92. The summed E-state index contributed by atoms with van der Waals surface area (Å²) in [7, 11) is -3.66. The van der Waals surface area contributed by atoms with Crippen LogP contribution in [0.5, 0.6) is 5.75 Å². The van der Waals surface area contributed by atoms with Crippen LogP contribution >= 0.6 is 11.3 Å². The summed E-state index contributed by atoms with van der Waals surface area (Å²) in [5, 5.41) is 3.14. The van der Waals surface area contributed by atoms with Gasteiger partial charge in [0.2, 0.25) is 10.0 Å². The molecule has 0 aliphatic carbocycles. The fourth-order valence-electron chi connectivity index (χ4n) is 1.72. The average Bonchev–Trinajstić information content (AvgIpc) is 2.93. The van der Waals surface area contributed by atoms with Gasteiger partial charge >= 0.3 is 6.61 Å². The van der Waals surface area contributed by atoms with Crippen LogP contribution in [-0.4, -0.2) is 15.0 Å². The van der Waals surface area contributed by atoms with Crippen molar-refractivity contribution < 1.29 is 21.9 Å². The van der Waals surface area contributed by atoms with E-state index in [9.17, 15) is 17.2 Å². The first kappa shape index (κ1) is 15.9. The normalized spacial score (nSPS) is 11.8. The third-order valence-corrected chi connectivity index (χ3v) is 4.92. The molecule has 2 aromatic rings. The molecular weight excluding hydrogens is 320 g/mol. The molecule has 2 rings (SSSR count). The van der Waals surface area contributed by atoms with E-state index in [1.54, 1.807) is 24.4 Å². The van der Waals surface area contributed by atoms with Gasteiger partial charge in [-0.25, -0.2) is 13.1 Å². The van der Waals surface area contributed by atoms with Crippen LogP contribution in [0.2, 0.25) is 0 Å². The van der Waals surface area contributed by atoms with Crippen molar-refractivity contribution in [2.45, 2.75) is 25.0 Å². The van der Waals surface area contributed by atoms with E-state index in [-0.39, 0.29) is 17.2 Å². The van der Waals surface area contributed by atoms with E-state index in [0.717, 1.165) is 5.56 Å². The lowest BCUT2D eigenvalue weighted by Crippen LogP contribution is -2.23. The molecule has 4 nitrogen and oxygen atoms in total. The Bertz CT molecular complexity index is 700. The van der Waals surface area contributed by atoms with E-state index in [0.29, 0.717) is 5.56 Å². The van der Waals surface area contributed by atoms with E-state index in [2.05, 4.69) is 9.46 Å². The zero-order chi connectivity index (χ0) is 15.5. The number of hydrogen-bond donors (Lipinski definition) is 1. The van der Waals surface area contributed by atoms with Crippen LogP contribution < -0.4 is 9.46 Å². The largest absolute Gasteiger partial charge is 0.434 e. The predicted molar refractivity (Wildman–Crippen MR) is 76.2 cm³/mol. The summed E-state index contributed by atoms with van der Waals surface area (Å²) in [5.41, 5.74) is 1.18. The maximum atomic E-state index is 12.3. The number of halogens is 2. The standard InChI is InChI=1S/C13H13F2NO3S2/c1-9-2-3-12(19-13(14)15)10(6-9)7-16-21(17,18)11-4-5-20-8-11/h2-6,8,13,16H,7H2,1H3. The first-order chi connectivity index (χ1) is 9.88. The first-order valence-electron chi connectivity index (χ1n) is 5.95. The molecule has 0 fully saturated rings. The number of benzene rings is 1. The number of sulfonamides is 1. The Morgan fingerprint density at radius 1 is 1.33 bits per heavy atom. The minimum atomic E-state index is -3.66. The zero-order valence-electron chi connectivity index (χ0n) is 11.0. The molecule has 0 atom stereocenters. The molecule has 0 amide bonds. The highest BCUT2D eigenvalue weighted by Gasteiger charge is 2.16. The van der Waals surface area contributed by atoms with Crippen LogP contribution in [0.15, 0.2) is 39.9 Å². The fraction of sp³-hybridized carbons (Fsp3) is 0.231. The lowest BCUT2D eigenvalue weighted by atomic mass is 10.1. The van der Waals surface area contributed by atoms with Crippen LogP contribution in [0.1, 0.15) is 11.1 Å². The molecule has 8 heteroatoms. The van der Waals surface area contributed by atoms with Crippen LogP contribution in [0.4, 0.5) is 8.78 Å². The highest BCUT2D eigenvalue weighted by Crippen LogP contribution is 2.23. The monoisotopic (exact) mass is 333 g/mol. The molecule has 1 N–H and O–H groups in total. The highest BCUT2D eigenvalue weighted by atomic mass is 32.2. The third-order valence-electron chi connectivity index (χ3n) is 2.69. The van der Waals surface area contributed by atoms with Crippen molar-refractivity contribution >= 4 is 21.4 Å². The summed E-state index contributed by atoms with van der Waals surface area (Å²) in [5.74, 6) is -0.0383. The lowest BCUT2D eigenvalue weighted by molar-refractivity contribution is -0.0504. The van der Waals surface area contributed by atoms with Gasteiger partial charge in [0.15, 0.2) is 0 Å². The van der Waals surface area contributed by atoms with E-state index >= 15 is 0 Å². The average molecular weight is 333 g/mol. The van der Waals surface area contributed by atoms with Gasteiger partial charge in [-0.3, -0.25) is 0 Å². The van der Waals surface area contributed by atoms with E-state index in [4.69, 9.17) is 0 Å². The number of thiophene rings is 1. The van der Waals surface area contributed by atoms with Gasteiger partial charge in [0.05, 0.1) is 4.90 Å². The van der Waals surface area contributed by atoms with Crippen LogP contribution in [-0.2, 0) is 16.6 Å². The number of ether oxygens (including phenoxy) is 1. The van der Waals surface area contributed by atoms with E-state index in [1.807, 2.05) is 0 Å². The van der Waals surface area contributed by atoms with Crippen molar-refractivity contribution in [2.75, 3.05) is 0 Å². The van der Waals surface area contributed by atoms with Gasteiger partial charge in [-0.05, 0) is 24.4 Å². The Hall–Kier alpha value is -1.51. The van der Waals surface area contributed by atoms with Gasteiger partial charge in [0.1, 0.15) is 5.75 Å². The maximum absolute atomic E-state index is 12.3. The van der Waals surface area contributed by atoms with Gasteiger partial charge in [-0.2, -0.15) is 20.1 Å². The molecule has 114 valence electrons. The van der Waals surface area contributed by atoms with E-state index < -0.39 is 16.6 Å². The third kappa shape index (κ3) is 4.23. The van der Waals surface area contributed by atoms with Gasteiger partial charge < -0.3 is 4.74 Å². The molecule has 1 aromatic carbocycles. The Morgan fingerprint density at radius 3 is 2.71 bits per heavy atom. The summed E-state index contributed by atoms with van der Waals surface area (Å²) in [6, 6.07) is 6.10. The van der Waals surface area contributed by atoms with Gasteiger partial charge in [0.25, 0.3) is 0 Å².